The zero-order valence-electron chi connectivity index (χ0n) is 10.2. The van der Waals surface area contributed by atoms with E-state index in [1.54, 1.807) is 6.34 Å². The van der Waals surface area contributed by atoms with Gasteiger partial charge in [0.25, 0.3) is 0 Å². The van der Waals surface area contributed by atoms with Crippen molar-refractivity contribution in [2.75, 3.05) is 5.32 Å². The Balaban J connectivity index is 2.24. The maximum absolute atomic E-state index is 11.1. The van der Waals surface area contributed by atoms with Crippen molar-refractivity contribution in [2.24, 2.45) is 4.99 Å². The van der Waals surface area contributed by atoms with Crippen LogP contribution in [0.3, 0.4) is 0 Å². The predicted molar refractivity (Wildman–Crippen MR) is 65.3 cm³/mol. The van der Waals surface area contributed by atoms with Gasteiger partial charge in [-0.3, -0.25) is 0 Å². The van der Waals surface area contributed by atoms with Crippen LogP contribution in [0.2, 0.25) is 0 Å². The van der Waals surface area contributed by atoms with E-state index in [-0.39, 0.29) is 5.70 Å². The monoisotopic (exact) mass is 243 g/mol. The van der Waals surface area contributed by atoms with Crippen molar-refractivity contribution in [1.29, 1.82) is 0 Å². The van der Waals surface area contributed by atoms with E-state index in [4.69, 9.17) is 0 Å². The van der Waals surface area contributed by atoms with Gasteiger partial charge in [0.05, 0.1) is 11.7 Å². The Morgan fingerprint density at radius 2 is 2.11 bits per heavy atom. The van der Waals surface area contributed by atoms with Gasteiger partial charge in [-0.25, -0.2) is 4.90 Å². The number of hydrogen-bond acceptors (Lipinski definition) is 4. The quantitative estimate of drug-likeness (QED) is 0.692. The van der Waals surface area contributed by atoms with Gasteiger partial charge in [0.2, 0.25) is 0 Å². The summed E-state index contributed by atoms with van der Waals surface area (Å²) in [6.07, 6.45) is 1.61. The van der Waals surface area contributed by atoms with Crippen molar-refractivity contribution in [3.8, 4) is 0 Å². The van der Waals surface area contributed by atoms with Crippen LogP contribution in [0.1, 0.15) is 13.8 Å². The molecule has 1 aromatic rings. The van der Waals surface area contributed by atoms with Crippen LogP contribution in [0.25, 0.3) is 0 Å². The summed E-state index contributed by atoms with van der Waals surface area (Å²) >= 11 is 0. The molecule has 0 saturated carbocycles. The standard InChI is InChI=1S/C13H13N3O2/c1-13(2)11-10(12(17)18)14-7-16(11)9-6-4-3-5-8(9)15-13/h3-7,15H,1-2H3,(H,17,18). The number of carboxylic acids is 1. The summed E-state index contributed by atoms with van der Waals surface area (Å²) in [6, 6.07) is 7.81. The van der Waals surface area contributed by atoms with Crippen LogP contribution in [0, 0.1) is 0 Å². The summed E-state index contributed by atoms with van der Waals surface area (Å²) in [7, 11) is 0. The van der Waals surface area contributed by atoms with Crippen LogP contribution < -0.4 is 15.3 Å². The van der Waals surface area contributed by atoms with E-state index in [1.165, 1.54) is 0 Å². The molecule has 0 aromatic heterocycles. The lowest BCUT2D eigenvalue weighted by molar-refractivity contribution is -0.679. The minimum atomic E-state index is -1.23. The van der Waals surface area contributed by atoms with E-state index in [9.17, 15) is 9.90 Å². The molecule has 0 fully saturated rings. The molecule has 5 heteroatoms. The summed E-state index contributed by atoms with van der Waals surface area (Å²) in [5.41, 5.74) is 2.22. The molecule has 2 N–H and O–H groups in total. The Labute approximate surface area is 104 Å². The topological polar surface area (TPSA) is 69.0 Å². The Morgan fingerprint density at radius 1 is 1.39 bits per heavy atom. The summed E-state index contributed by atoms with van der Waals surface area (Å²) in [6.45, 7) is 3.88. The van der Waals surface area contributed by atoms with Crippen molar-refractivity contribution in [1.82, 2.24) is 0 Å². The SMILES string of the molecule is CC1(C)Nc2ccccc2[NH+]2C=NC(C(=O)[O-])=C21. The van der Waals surface area contributed by atoms with Gasteiger partial charge in [-0.1, -0.05) is 12.1 Å². The van der Waals surface area contributed by atoms with Crippen molar-refractivity contribution in [2.45, 2.75) is 19.4 Å². The van der Waals surface area contributed by atoms with Crippen molar-refractivity contribution >= 4 is 23.7 Å². The van der Waals surface area contributed by atoms with Gasteiger partial charge in [0, 0.05) is 6.07 Å². The lowest BCUT2D eigenvalue weighted by Gasteiger charge is -2.36. The van der Waals surface area contributed by atoms with Crippen LogP contribution in [-0.2, 0) is 4.79 Å². The summed E-state index contributed by atoms with van der Waals surface area (Å²) in [5.74, 6) is -1.23. The van der Waals surface area contributed by atoms with E-state index >= 15 is 0 Å². The number of hydrogen-bond donors (Lipinski definition) is 2. The molecule has 0 aliphatic carbocycles. The average molecular weight is 243 g/mol. The van der Waals surface area contributed by atoms with Gasteiger partial charge in [0.1, 0.15) is 5.54 Å². The molecular weight excluding hydrogens is 230 g/mol. The highest BCUT2D eigenvalue weighted by Gasteiger charge is 2.44. The molecule has 0 spiro atoms. The Hall–Kier alpha value is -2.14. The van der Waals surface area contributed by atoms with Crippen LogP contribution in [0.4, 0.5) is 11.4 Å². The predicted octanol–water partition coefficient (Wildman–Crippen LogP) is -0.590. The minimum Gasteiger partial charge on any atom is -0.543 e. The molecule has 1 unspecified atom stereocenters. The van der Waals surface area contributed by atoms with Gasteiger partial charge in [-0.2, -0.15) is 4.99 Å². The largest absolute Gasteiger partial charge is 0.543 e. The van der Waals surface area contributed by atoms with Crippen LogP contribution in [0.5, 0.6) is 0 Å². The molecule has 2 heterocycles. The smallest absolute Gasteiger partial charge is 0.199 e. The highest BCUT2D eigenvalue weighted by atomic mass is 16.4. The van der Waals surface area contributed by atoms with Gasteiger partial charge in [-0.15, -0.1) is 0 Å². The number of benzene rings is 1. The average Bonchev–Trinajstić information content (AvgIpc) is 2.74. The molecule has 0 radical (unpaired) electrons. The molecule has 2 aliphatic rings. The number of aliphatic imine (C=N–C) groups is 1. The second-order valence-electron chi connectivity index (χ2n) is 4.98. The molecule has 1 aromatic carbocycles. The number of fused-ring (bicyclic) bond motifs is 3. The van der Waals surface area contributed by atoms with Gasteiger partial charge < -0.3 is 15.2 Å². The Bertz CT molecular complexity index is 602. The first kappa shape index (κ1) is 11.0. The maximum atomic E-state index is 11.1. The normalized spacial score (nSPS) is 23.3. The second kappa shape index (κ2) is 3.43. The number of aliphatic carboxylic acids is 1. The lowest BCUT2D eigenvalue weighted by Crippen LogP contribution is -3.06. The van der Waals surface area contributed by atoms with Crippen LogP contribution in [-0.4, -0.2) is 17.8 Å². The number of carbonyl (C=O) groups excluding carboxylic acids is 1. The van der Waals surface area contributed by atoms with Gasteiger partial charge >= 0.3 is 0 Å². The van der Waals surface area contributed by atoms with Crippen molar-refractivity contribution < 1.29 is 14.8 Å². The Morgan fingerprint density at radius 3 is 2.83 bits per heavy atom. The van der Waals surface area contributed by atoms with E-state index in [0.717, 1.165) is 16.3 Å². The van der Waals surface area contributed by atoms with E-state index in [2.05, 4.69) is 10.3 Å². The van der Waals surface area contributed by atoms with Crippen molar-refractivity contribution in [3.05, 3.63) is 35.7 Å². The number of quaternary nitrogens is 1. The van der Waals surface area contributed by atoms with E-state index in [0.29, 0.717) is 5.70 Å². The highest BCUT2D eigenvalue weighted by Crippen LogP contribution is 2.32. The fourth-order valence-electron chi connectivity index (χ4n) is 2.60. The number of para-hydroxylation sites is 2. The molecule has 92 valence electrons. The highest BCUT2D eigenvalue weighted by molar-refractivity contribution is 5.90. The summed E-state index contributed by atoms with van der Waals surface area (Å²) in [5, 5.41) is 14.5. The molecule has 0 bridgehead atoms. The van der Waals surface area contributed by atoms with Crippen molar-refractivity contribution in [3.63, 3.8) is 0 Å². The molecule has 3 rings (SSSR count). The number of carbonyl (C=O) groups is 1. The number of anilines is 1. The molecule has 0 saturated heterocycles. The number of nitrogens with one attached hydrogen (secondary N) is 2. The molecule has 2 aliphatic heterocycles. The fourth-order valence-corrected chi connectivity index (χ4v) is 2.60. The lowest BCUT2D eigenvalue weighted by atomic mass is 9.93. The van der Waals surface area contributed by atoms with E-state index < -0.39 is 11.5 Å². The molecular formula is C13H13N3O2. The molecule has 1 atom stereocenters. The number of carboxylic acid groups (broad SMARTS) is 1. The van der Waals surface area contributed by atoms with Crippen LogP contribution in [0.15, 0.2) is 40.7 Å². The Kier molecular flexibility index (Phi) is 2.09. The third kappa shape index (κ3) is 1.37. The third-order valence-electron chi connectivity index (χ3n) is 3.31. The van der Waals surface area contributed by atoms with E-state index in [1.807, 2.05) is 38.1 Å². The summed E-state index contributed by atoms with van der Waals surface area (Å²) < 4.78 is 0. The fraction of sp³-hybridized carbons (Fsp3) is 0.231. The third-order valence-corrected chi connectivity index (χ3v) is 3.31. The first-order chi connectivity index (χ1) is 8.50. The van der Waals surface area contributed by atoms with Gasteiger partial charge in [0.15, 0.2) is 23.4 Å². The van der Waals surface area contributed by atoms with Gasteiger partial charge in [-0.05, 0) is 19.9 Å². The zero-order chi connectivity index (χ0) is 12.9. The molecule has 0 amide bonds. The molecule has 5 nitrogen and oxygen atoms in total. The first-order valence-corrected chi connectivity index (χ1v) is 5.76. The number of rotatable bonds is 1. The zero-order valence-corrected chi connectivity index (χ0v) is 10.2. The maximum Gasteiger partial charge on any atom is 0.199 e. The summed E-state index contributed by atoms with van der Waals surface area (Å²) in [4.78, 5) is 16.0. The first-order valence-electron chi connectivity index (χ1n) is 5.76. The molecule has 18 heavy (non-hydrogen) atoms. The number of nitrogens with zero attached hydrogens (tertiary/aromatic N) is 1. The minimum absolute atomic E-state index is 0.0250. The second-order valence-corrected chi connectivity index (χ2v) is 4.98. The van der Waals surface area contributed by atoms with Crippen LogP contribution >= 0.6 is 0 Å².